The number of rotatable bonds is 9. The third-order valence-electron chi connectivity index (χ3n) is 4.49. The molecule has 3 aromatic heterocycles. The largest absolute Gasteiger partial charge is 0.487 e. The minimum Gasteiger partial charge on any atom is -0.487 e. The summed E-state index contributed by atoms with van der Waals surface area (Å²) in [5.74, 6) is 1.50. The highest BCUT2D eigenvalue weighted by molar-refractivity contribution is 7.13. The van der Waals surface area contributed by atoms with Gasteiger partial charge in [-0.25, -0.2) is 9.97 Å². The lowest BCUT2D eigenvalue weighted by atomic mass is 10.1. The summed E-state index contributed by atoms with van der Waals surface area (Å²) >= 11 is 1.64. The predicted molar refractivity (Wildman–Crippen MR) is 110 cm³/mol. The first-order chi connectivity index (χ1) is 13.8. The summed E-state index contributed by atoms with van der Waals surface area (Å²) in [6.07, 6.45) is 10.7. The van der Waals surface area contributed by atoms with E-state index in [4.69, 9.17) is 9.15 Å². The topological polar surface area (TPSA) is 53.1 Å². The number of imidazole rings is 1. The van der Waals surface area contributed by atoms with Crippen molar-refractivity contribution in [2.75, 3.05) is 0 Å². The van der Waals surface area contributed by atoms with E-state index in [0.717, 1.165) is 42.1 Å². The summed E-state index contributed by atoms with van der Waals surface area (Å²) in [5, 5.41) is 2.09. The highest BCUT2D eigenvalue weighted by Crippen LogP contribution is 2.26. The number of hydrogen-bond donors (Lipinski definition) is 0. The third-order valence-corrected chi connectivity index (χ3v) is 5.53. The Hall–Kier alpha value is -2.86. The van der Waals surface area contributed by atoms with Gasteiger partial charge in [-0.15, -0.1) is 11.3 Å². The van der Waals surface area contributed by atoms with Gasteiger partial charge in [-0.3, -0.25) is 0 Å². The molecule has 1 aromatic carbocycles. The molecule has 0 aliphatic rings. The lowest BCUT2D eigenvalue weighted by molar-refractivity contribution is 0.301. The van der Waals surface area contributed by atoms with Gasteiger partial charge in [0, 0.05) is 18.9 Å². The number of unbranched alkanes of at least 4 members (excludes halogenated alkanes) is 1. The molecule has 28 heavy (non-hydrogen) atoms. The smallest absolute Gasteiger partial charge is 0.236 e. The zero-order valence-electron chi connectivity index (χ0n) is 15.9. The van der Waals surface area contributed by atoms with Crippen molar-refractivity contribution in [3.05, 3.63) is 77.5 Å². The fourth-order valence-electron chi connectivity index (χ4n) is 2.98. The first-order valence-electron chi connectivity index (χ1n) is 9.44. The Morgan fingerprint density at radius 1 is 1.18 bits per heavy atom. The first-order valence-corrected chi connectivity index (χ1v) is 10.3. The van der Waals surface area contributed by atoms with Gasteiger partial charge in [-0.05, 0) is 60.9 Å². The van der Waals surface area contributed by atoms with Crippen molar-refractivity contribution in [1.82, 2.24) is 14.5 Å². The number of aromatic nitrogens is 3. The molecule has 0 saturated carbocycles. The van der Waals surface area contributed by atoms with Crippen molar-refractivity contribution < 1.29 is 9.15 Å². The van der Waals surface area contributed by atoms with Crippen LogP contribution in [-0.2, 0) is 19.6 Å². The molecule has 0 fully saturated rings. The molecular formula is C22H23N3O2S. The molecule has 4 aromatic rings. The van der Waals surface area contributed by atoms with E-state index in [2.05, 4.69) is 45.0 Å². The maximum atomic E-state index is 5.85. The second kappa shape index (κ2) is 8.89. The summed E-state index contributed by atoms with van der Waals surface area (Å²) in [6, 6.07) is 10.4. The van der Waals surface area contributed by atoms with Crippen molar-refractivity contribution in [2.45, 2.75) is 39.3 Å². The van der Waals surface area contributed by atoms with Gasteiger partial charge >= 0.3 is 0 Å². The quantitative estimate of drug-likeness (QED) is 0.352. The molecule has 3 heterocycles. The molecule has 0 amide bonds. The lowest BCUT2D eigenvalue weighted by Gasteiger charge is -2.06. The van der Waals surface area contributed by atoms with Crippen molar-refractivity contribution in [2.24, 2.45) is 0 Å². The van der Waals surface area contributed by atoms with Crippen LogP contribution in [0.5, 0.6) is 5.75 Å². The molecule has 0 saturated heterocycles. The number of ether oxygens (including phenoxy) is 1. The number of nitrogens with zero attached hydrogens (tertiary/aromatic N) is 3. The molecule has 0 spiro atoms. The highest BCUT2D eigenvalue weighted by Gasteiger charge is 2.09. The molecule has 0 aliphatic carbocycles. The van der Waals surface area contributed by atoms with Crippen LogP contribution in [0.3, 0.4) is 0 Å². The fourth-order valence-corrected chi connectivity index (χ4v) is 3.81. The number of aryl methyl sites for hydroxylation is 3. The van der Waals surface area contributed by atoms with E-state index in [1.165, 1.54) is 11.1 Å². The summed E-state index contributed by atoms with van der Waals surface area (Å²) in [5.41, 5.74) is 3.34. The molecule has 144 valence electrons. The monoisotopic (exact) mass is 393 g/mol. The number of benzene rings is 1. The van der Waals surface area contributed by atoms with Gasteiger partial charge in [0.05, 0.1) is 11.2 Å². The second-order valence-electron chi connectivity index (χ2n) is 6.82. The van der Waals surface area contributed by atoms with Crippen LogP contribution in [-0.4, -0.2) is 14.5 Å². The van der Waals surface area contributed by atoms with Crippen LogP contribution in [0.1, 0.15) is 29.7 Å². The molecule has 0 unspecified atom stereocenters. The SMILES string of the molecule is Cc1csc(-c2nc(COc3ccc(CCCCn4ccnc4)cc3)co2)c1. The molecule has 4 rings (SSSR count). The maximum absolute atomic E-state index is 5.85. The van der Waals surface area contributed by atoms with E-state index in [-0.39, 0.29) is 0 Å². The number of hydrogen-bond acceptors (Lipinski definition) is 5. The maximum Gasteiger partial charge on any atom is 0.236 e. The lowest BCUT2D eigenvalue weighted by Crippen LogP contribution is -1.97. The van der Waals surface area contributed by atoms with E-state index in [0.29, 0.717) is 12.5 Å². The molecule has 0 bridgehead atoms. The third kappa shape index (κ3) is 4.89. The molecule has 0 aliphatic heterocycles. The summed E-state index contributed by atoms with van der Waals surface area (Å²) in [7, 11) is 0. The Morgan fingerprint density at radius 2 is 2.07 bits per heavy atom. The average molecular weight is 394 g/mol. The van der Waals surface area contributed by atoms with Gasteiger partial charge in [0.1, 0.15) is 24.3 Å². The van der Waals surface area contributed by atoms with Crippen LogP contribution in [0.4, 0.5) is 0 Å². The molecule has 5 nitrogen and oxygen atoms in total. The van der Waals surface area contributed by atoms with Gasteiger partial charge < -0.3 is 13.7 Å². The first kappa shape index (κ1) is 18.5. The van der Waals surface area contributed by atoms with E-state index in [1.54, 1.807) is 17.6 Å². The Balaban J connectivity index is 1.23. The van der Waals surface area contributed by atoms with Crippen LogP contribution < -0.4 is 4.74 Å². The fraction of sp³-hybridized carbons (Fsp3) is 0.273. The summed E-state index contributed by atoms with van der Waals surface area (Å²) < 4.78 is 13.5. The molecular weight excluding hydrogens is 370 g/mol. The Kier molecular flexibility index (Phi) is 5.87. The molecule has 0 radical (unpaired) electrons. The van der Waals surface area contributed by atoms with Gasteiger partial charge in [0.25, 0.3) is 0 Å². The van der Waals surface area contributed by atoms with Gasteiger partial charge in [0.2, 0.25) is 5.89 Å². The van der Waals surface area contributed by atoms with E-state index in [9.17, 15) is 0 Å². The molecule has 0 N–H and O–H groups in total. The van der Waals surface area contributed by atoms with E-state index >= 15 is 0 Å². The van der Waals surface area contributed by atoms with Gasteiger partial charge in [-0.1, -0.05) is 12.1 Å². The Bertz CT molecular complexity index is 987. The summed E-state index contributed by atoms with van der Waals surface area (Å²) in [6.45, 7) is 3.49. The number of oxazole rings is 1. The highest BCUT2D eigenvalue weighted by atomic mass is 32.1. The van der Waals surface area contributed by atoms with Gasteiger partial charge in [0.15, 0.2) is 0 Å². The zero-order chi connectivity index (χ0) is 19.2. The van der Waals surface area contributed by atoms with Crippen LogP contribution in [0.2, 0.25) is 0 Å². The minimum atomic E-state index is 0.401. The zero-order valence-corrected chi connectivity index (χ0v) is 16.7. The second-order valence-corrected chi connectivity index (χ2v) is 7.73. The van der Waals surface area contributed by atoms with E-state index < -0.39 is 0 Å². The Morgan fingerprint density at radius 3 is 2.82 bits per heavy atom. The van der Waals surface area contributed by atoms with Crippen molar-refractivity contribution in [3.63, 3.8) is 0 Å². The summed E-state index contributed by atoms with van der Waals surface area (Å²) in [4.78, 5) is 9.62. The normalized spacial score (nSPS) is 11.0. The predicted octanol–water partition coefficient (Wildman–Crippen LogP) is 5.51. The van der Waals surface area contributed by atoms with Crippen molar-refractivity contribution in [3.8, 4) is 16.5 Å². The van der Waals surface area contributed by atoms with Crippen LogP contribution in [0.25, 0.3) is 10.8 Å². The van der Waals surface area contributed by atoms with Crippen LogP contribution in [0, 0.1) is 6.92 Å². The molecule has 6 heteroatoms. The number of thiophene rings is 1. The average Bonchev–Trinajstić information content (AvgIpc) is 3.46. The van der Waals surface area contributed by atoms with E-state index in [1.807, 2.05) is 30.9 Å². The Labute approximate surface area is 168 Å². The van der Waals surface area contributed by atoms with Crippen LogP contribution >= 0.6 is 11.3 Å². The molecule has 0 atom stereocenters. The standard InChI is InChI=1S/C22H23N3O2S/c1-17-12-21(28-15-17)22-24-19(14-27-22)13-26-20-7-5-18(6-8-20)4-2-3-10-25-11-9-23-16-25/h5-9,11-12,14-16H,2-4,10,13H2,1H3. The van der Waals surface area contributed by atoms with Gasteiger partial charge in [-0.2, -0.15) is 0 Å². The van der Waals surface area contributed by atoms with Crippen molar-refractivity contribution in [1.29, 1.82) is 0 Å². The minimum absolute atomic E-state index is 0.401. The van der Waals surface area contributed by atoms with Crippen molar-refractivity contribution >= 4 is 11.3 Å². The van der Waals surface area contributed by atoms with Crippen LogP contribution in [0.15, 0.2) is 65.1 Å².